The summed E-state index contributed by atoms with van der Waals surface area (Å²) in [4.78, 5) is 24.3. The van der Waals surface area contributed by atoms with Crippen LogP contribution in [0.2, 0.25) is 0 Å². The first-order valence-corrected chi connectivity index (χ1v) is 10.4. The van der Waals surface area contributed by atoms with Gasteiger partial charge in [-0.05, 0) is 69.3 Å². The number of carbonyl (C=O) groups is 2. The van der Waals surface area contributed by atoms with Gasteiger partial charge in [0.2, 0.25) is 0 Å². The average Bonchev–Trinajstić information content (AvgIpc) is 3.11. The maximum Gasteiger partial charge on any atom is 0.338 e. The molecule has 3 rings (SSSR count). The minimum absolute atomic E-state index is 0.335. The fraction of sp³-hybridized carbons (Fsp3) is 0.240. The fourth-order valence-electron chi connectivity index (χ4n) is 3.48. The van der Waals surface area contributed by atoms with E-state index in [0.29, 0.717) is 29.2 Å². The van der Waals surface area contributed by atoms with Crippen LogP contribution in [0.5, 0.6) is 11.5 Å². The Morgan fingerprint density at radius 1 is 0.970 bits per heavy atom. The second-order valence-corrected chi connectivity index (χ2v) is 7.20. The van der Waals surface area contributed by atoms with E-state index in [4.69, 9.17) is 14.2 Å². The highest BCUT2D eigenvalue weighted by Gasteiger charge is 2.13. The summed E-state index contributed by atoms with van der Waals surface area (Å²) in [5, 5.41) is 4.11. The number of aryl methyl sites for hydroxylation is 1. The number of hydrogen-bond donors (Lipinski definition) is 1. The summed E-state index contributed by atoms with van der Waals surface area (Å²) in [6.07, 6.45) is 1.60. The Balaban J connectivity index is 1.75. The van der Waals surface area contributed by atoms with Crippen molar-refractivity contribution >= 4 is 18.1 Å². The summed E-state index contributed by atoms with van der Waals surface area (Å²) in [6, 6.07) is 14.1. The zero-order valence-corrected chi connectivity index (χ0v) is 19.3. The van der Waals surface area contributed by atoms with Gasteiger partial charge in [-0.2, -0.15) is 5.10 Å². The monoisotopic (exact) mass is 449 g/mol. The van der Waals surface area contributed by atoms with Gasteiger partial charge >= 0.3 is 5.97 Å². The van der Waals surface area contributed by atoms with Crippen molar-refractivity contribution < 1.29 is 23.8 Å². The summed E-state index contributed by atoms with van der Waals surface area (Å²) in [7, 11) is 3.05. The topological polar surface area (TPSA) is 91.2 Å². The van der Waals surface area contributed by atoms with Gasteiger partial charge in [0.1, 0.15) is 0 Å². The summed E-state index contributed by atoms with van der Waals surface area (Å²) in [6.45, 7) is 6.05. The van der Waals surface area contributed by atoms with Crippen molar-refractivity contribution in [1.82, 2.24) is 9.99 Å². The molecule has 0 unspecified atom stereocenters. The minimum atomic E-state index is -0.365. The number of carbonyl (C=O) groups excluding carboxylic acids is 2. The van der Waals surface area contributed by atoms with Gasteiger partial charge in [-0.3, -0.25) is 4.79 Å². The molecule has 0 saturated carbocycles. The third-order valence-corrected chi connectivity index (χ3v) is 5.12. The number of esters is 1. The van der Waals surface area contributed by atoms with Gasteiger partial charge in [0.15, 0.2) is 11.5 Å². The molecule has 0 radical (unpaired) electrons. The predicted molar refractivity (Wildman–Crippen MR) is 126 cm³/mol. The van der Waals surface area contributed by atoms with Crippen LogP contribution in [-0.2, 0) is 4.74 Å². The summed E-state index contributed by atoms with van der Waals surface area (Å²) in [5.74, 6) is 0.297. The average molecular weight is 450 g/mol. The first-order chi connectivity index (χ1) is 15.9. The fourth-order valence-corrected chi connectivity index (χ4v) is 3.48. The summed E-state index contributed by atoms with van der Waals surface area (Å²) < 4.78 is 17.5. The Labute approximate surface area is 192 Å². The van der Waals surface area contributed by atoms with Crippen LogP contribution in [0.3, 0.4) is 0 Å². The zero-order chi connectivity index (χ0) is 24.0. The first kappa shape index (κ1) is 23.6. The lowest BCUT2D eigenvalue weighted by Gasteiger charge is -2.10. The number of ether oxygens (including phenoxy) is 3. The molecule has 33 heavy (non-hydrogen) atoms. The van der Waals surface area contributed by atoms with Crippen LogP contribution in [0.4, 0.5) is 0 Å². The van der Waals surface area contributed by atoms with Crippen molar-refractivity contribution in [1.29, 1.82) is 0 Å². The quantitative estimate of drug-likeness (QED) is 0.318. The van der Waals surface area contributed by atoms with Gasteiger partial charge < -0.3 is 18.8 Å². The van der Waals surface area contributed by atoms with Crippen LogP contribution in [0.25, 0.3) is 5.69 Å². The molecule has 8 nitrogen and oxygen atoms in total. The lowest BCUT2D eigenvalue weighted by molar-refractivity contribution is 0.0526. The molecular formula is C25H27N3O5. The second-order valence-electron chi connectivity index (χ2n) is 7.20. The summed E-state index contributed by atoms with van der Waals surface area (Å²) >= 11 is 0. The maximum atomic E-state index is 12.5. The van der Waals surface area contributed by atoms with Crippen LogP contribution in [0, 0.1) is 13.8 Å². The van der Waals surface area contributed by atoms with Crippen LogP contribution in [0.15, 0.2) is 53.6 Å². The SMILES string of the molecule is CCOC(=O)c1ccc(-n2c(C)cc(/C=N/NC(=O)c3ccc(OC)c(OC)c3)c2C)cc1. The highest BCUT2D eigenvalue weighted by molar-refractivity contribution is 5.95. The molecule has 172 valence electrons. The highest BCUT2D eigenvalue weighted by Crippen LogP contribution is 2.27. The molecule has 1 amide bonds. The molecule has 1 N–H and O–H groups in total. The van der Waals surface area contributed by atoms with Crippen LogP contribution < -0.4 is 14.9 Å². The van der Waals surface area contributed by atoms with Gasteiger partial charge in [0, 0.05) is 28.2 Å². The van der Waals surface area contributed by atoms with Crippen LogP contribution in [-0.4, -0.2) is 43.5 Å². The lowest BCUT2D eigenvalue weighted by Crippen LogP contribution is -2.17. The number of hydrazone groups is 1. The van der Waals surface area contributed by atoms with E-state index in [9.17, 15) is 9.59 Å². The molecule has 0 aliphatic carbocycles. The predicted octanol–water partition coefficient (Wildman–Crippen LogP) is 4.05. The molecular weight excluding hydrogens is 422 g/mol. The van der Waals surface area contributed by atoms with E-state index in [0.717, 1.165) is 22.6 Å². The molecule has 0 aliphatic heterocycles. The third kappa shape index (κ3) is 5.23. The molecule has 3 aromatic rings. The Kier molecular flexibility index (Phi) is 7.50. The van der Waals surface area contributed by atoms with E-state index in [1.54, 1.807) is 43.5 Å². The largest absolute Gasteiger partial charge is 0.493 e. The van der Waals surface area contributed by atoms with Crippen molar-refractivity contribution in [2.24, 2.45) is 5.10 Å². The van der Waals surface area contributed by atoms with E-state index in [2.05, 4.69) is 10.5 Å². The van der Waals surface area contributed by atoms with E-state index in [1.807, 2.05) is 36.6 Å². The van der Waals surface area contributed by atoms with E-state index in [1.165, 1.54) is 14.2 Å². The molecule has 0 bridgehead atoms. The third-order valence-electron chi connectivity index (χ3n) is 5.12. The lowest BCUT2D eigenvalue weighted by atomic mass is 10.2. The Morgan fingerprint density at radius 3 is 2.27 bits per heavy atom. The Bertz CT molecular complexity index is 1180. The van der Waals surface area contributed by atoms with Crippen LogP contribution >= 0.6 is 0 Å². The van der Waals surface area contributed by atoms with Crippen molar-refractivity contribution in [3.63, 3.8) is 0 Å². The van der Waals surface area contributed by atoms with Gasteiger partial charge in [0.25, 0.3) is 5.91 Å². The first-order valence-electron chi connectivity index (χ1n) is 10.4. The molecule has 2 aromatic carbocycles. The van der Waals surface area contributed by atoms with Crippen molar-refractivity contribution in [2.75, 3.05) is 20.8 Å². The Morgan fingerprint density at radius 2 is 1.64 bits per heavy atom. The number of hydrogen-bond acceptors (Lipinski definition) is 6. The second kappa shape index (κ2) is 10.5. The highest BCUT2D eigenvalue weighted by atomic mass is 16.5. The zero-order valence-electron chi connectivity index (χ0n) is 19.3. The van der Waals surface area contributed by atoms with Crippen molar-refractivity contribution in [2.45, 2.75) is 20.8 Å². The molecule has 0 atom stereocenters. The smallest absolute Gasteiger partial charge is 0.338 e. The molecule has 0 fully saturated rings. The van der Waals surface area contributed by atoms with Crippen LogP contribution in [0.1, 0.15) is 44.6 Å². The van der Waals surface area contributed by atoms with Gasteiger partial charge in [-0.1, -0.05) is 0 Å². The molecule has 0 saturated heterocycles. The van der Waals surface area contributed by atoms with Crippen molar-refractivity contribution in [3.05, 3.63) is 76.6 Å². The molecule has 1 aromatic heterocycles. The molecule has 0 spiro atoms. The van der Waals surface area contributed by atoms with Gasteiger partial charge in [0.05, 0.1) is 32.6 Å². The number of amides is 1. The van der Waals surface area contributed by atoms with E-state index in [-0.39, 0.29) is 11.9 Å². The standard InChI is InChI=1S/C25H27N3O5/c1-6-33-25(30)18-7-10-21(11-8-18)28-16(2)13-20(17(28)3)15-26-27-24(29)19-9-12-22(31-4)23(14-19)32-5/h7-15H,6H2,1-5H3,(H,27,29)/b26-15+. The van der Waals surface area contributed by atoms with E-state index >= 15 is 0 Å². The Hall–Kier alpha value is -4.07. The number of nitrogens with one attached hydrogen (secondary N) is 1. The van der Waals surface area contributed by atoms with E-state index < -0.39 is 0 Å². The van der Waals surface area contributed by atoms with Crippen molar-refractivity contribution in [3.8, 4) is 17.2 Å². The minimum Gasteiger partial charge on any atom is -0.493 e. The number of nitrogens with zero attached hydrogens (tertiary/aromatic N) is 2. The van der Waals surface area contributed by atoms with Gasteiger partial charge in [-0.25, -0.2) is 10.2 Å². The number of benzene rings is 2. The molecule has 1 heterocycles. The normalized spacial score (nSPS) is 10.8. The number of methoxy groups -OCH3 is 2. The molecule has 0 aliphatic rings. The van der Waals surface area contributed by atoms with Gasteiger partial charge in [-0.15, -0.1) is 0 Å². The number of aromatic nitrogens is 1. The number of rotatable bonds is 8. The summed E-state index contributed by atoms with van der Waals surface area (Å²) in [5.41, 5.74) is 7.14. The molecule has 8 heteroatoms. The maximum absolute atomic E-state index is 12.5.